The Kier molecular flexibility index (Phi) is 4.91. The summed E-state index contributed by atoms with van der Waals surface area (Å²) in [4.78, 5) is 23.4. The highest BCUT2D eigenvalue weighted by molar-refractivity contribution is 5.96. The fourth-order valence-corrected chi connectivity index (χ4v) is 2.35. The quantitative estimate of drug-likeness (QED) is 0.707. The first kappa shape index (κ1) is 13.9. The average molecular weight is 238 g/mol. The maximum atomic E-state index is 11.8. The monoisotopic (exact) mass is 238 g/mol. The van der Waals surface area contributed by atoms with Gasteiger partial charge in [-0.05, 0) is 24.3 Å². The van der Waals surface area contributed by atoms with E-state index in [4.69, 9.17) is 4.74 Å². The molecule has 0 aromatic rings. The Morgan fingerprint density at radius 2 is 2.12 bits per heavy atom. The van der Waals surface area contributed by atoms with Gasteiger partial charge in [0.2, 0.25) is 0 Å². The van der Waals surface area contributed by atoms with Crippen LogP contribution in [0.4, 0.5) is 0 Å². The predicted octanol–water partition coefficient (Wildman–Crippen LogP) is 2.60. The molecule has 96 valence electrons. The van der Waals surface area contributed by atoms with Gasteiger partial charge in [-0.2, -0.15) is 0 Å². The highest BCUT2D eigenvalue weighted by Crippen LogP contribution is 2.33. The van der Waals surface area contributed by atoms with Gasteiger partial charge >= 0.3 is 5.97 Å². The van der Waals surface area contributed by atoms with Crippen molar-refractivity contribution in [2.45, 2.75) is 33.6 Å². The van der Waals surface area contributed by atoms with Gasteiger partial charge in [0.15, 0.2) is 5.78 Å². The van der Waals surface area contributed by atoms with E-state index in [1.807, 2.05) is 13.0 Å². The third kappa shape index (κ3) is 3.42. The van der Waals surface area contributed by atoms with Crippen molar-refractivity contribution in [3.63, 3.8) is 0 Å². The van der Waals surface area contributed by atoms with Crippen LogP contribution in [-0.4, -0.2) is 18.9 Å². The van der Waals surface area contributed by atoms with Crippen molar-refractivity contribution >= 4 is 11.8 Å². The molecule has 0 saturated heterocycles. The Hall–Kier alpha value is -1.12. The van der Waals surface area contributed by atoms with Gasteiger partial charge in [-0.15, -0.1) is 0 Å². The zero-order valence-electron chi connectivity index (χ0n) is 11.1. The number of hydrogen-bond acceptors (Lipinski definition) is 3. The van der Waals surface area contributed by atoms with Gasteiger partial charge in [-0.25, -0.2) is 0 Å². The SMILES string of the molecule is COC(=O)[C@@H]1[C@@H](CCC(C)C)C=CC(=O)[C@@H]1C. The van der Waals surface area contributed by atoms with Crippen LogP contribution in [0.1, 0.15) is 33.6 Å². The molecule has 0 radical (unpaired) electrons. The van der Waals surface area contributed by atoms with E-state index < -0.39 is 0 Å². The Bertz CT molecular complexity index is 317. The molecule has 0 saturated carbocycles. The highest BCUT2D eigenvalue weighted by atomic mass is 16.5. The molecule has 3 heteroatoms. The lowest BCUT2D eigenvalue weighted by Gasteiger charge is -2.30. The van der Waals surface area contributed by atoms with Crippen LogP contribution in [-0.2, 0) is 14.3 Å². The summed E-state index contributed by atoms with van der Waals surface area (Å²) in [6.07, 6.45) is 5.50. The van der Waals surface area contributed by atoms with Gasteiger partial charge in [-0.3, -0.25) is 9.59 Å². The lowest BCUT2D eigenvalue weighted by atomic mass is 9.73. The number of hydrogen-bond donors (Lipinski definition) is 0. The summed E-state index contributed by atoms with van der Waals surface area (Å²) in [5.41, 5.74) is 0. The van der Waals surface area contributed by atoms with Crippen molar-refractivity contribution in [2.75, 3.05) is 7.11 Å². The van der Waals surface area contributed by atoms with Gasteiger partial charge in [-0.1, -0.05) is 33.3 Å². The zero-order valence-corrected chi connectivity index (χ0v) is 11.1. The smallest absolute Gasteiger partial charge is 0.309 e. The minimum Gasteiger partial charge on any atom is -0.469 e. The molecule has 0 N–H and O–H groups in total. The topological polar surface area (TPSA) is 43.4 Å². The van der Waals surface area contributed by atoms with Crippen molar-refractivity contribution in [3.05, 3.63) is 12.2 Å². The van der Waals surface area contributed by atoms with E-state index in [2.05, 4.69) is 13.8 Å². The molecule has 0 aromatic carbocycles. The fraction of sp³-hybridized carbons (Fsp3) is 0.714. The number of allylic oxidation sites excluding steroid dienone is 2. The molecule has 1 aliphatic carbocycles. The number of methoxy groups -OCH3 is 1. The van der Waals surface area contributed by atoms with Crippen LogP contribution in [0, 0.1) is 23.7 Å². The van der Waals surface area contributed by atoms with Crippen LogP contribution < -0.4 is 0 Å². The molecule has 0 spiro atoms. The molecule has 0 aliphatic heterocycles. The average Bonchev–Trinajstić information content (AvgIpc) is 2.29. The molecular formula is C14H22O3. The summed E-state index contributed by atoms with van der Waals surface area (Å²) < 4.78 is 4.82. The van der Waals surface area contributed by atoms with E-state index >= 15 is 0 Å². The first-order valence-corrected chi connectivity index (χ1v) is 6.27. The number of ether oxygens (including phenoxy) is 1. The van der Waals surface area contributed by atoms with Gasteiger partial charge in [0.05, 0.1) is 13.0 Å². The van der Waals surface area contributed by atoms with Crippen LogP contribution in [0.5, 0.6) is 0 Å². The zero-order chi connectivity index (χ0) is 13.0. The second kappa shape index (κ2) is 5.99. The minimum atomic E-state index is -0.309. The summed E-state index contributed by atoms with van der Waals surface area (Å²) in [6.45, 7) is 6.14. The van der Waals surface area contributed by atoms with Gasteiger partial charge in [0, 0.05) is 5.92 Å². The summed E-state index contributed by atoms with van der Waals surface area (Å²) in [7, 11) is 1.39. The second-order valence-electron chi connectivity index (χ2n) is 5.23. The Labute approximate surface area is 103 Å². The summed E-state index contributed by atoms with van der Waals surface area (Å²) in [5, 5.41) is 0. The van der Waals surface area contributed by atoms with Crippen LogP contribution in [0.3, 0.4) is 0 Å². The number of carbonyl (C=O) groups is 2. The molecule has 0 fully saturated rings. The van der Waals surface area contributed by atoms with Crippen LogP contribution in [0.25, 0.3) is 0 Å². The van der Waals surface area contributed by atoms with E-state index in [0.717, 1.165) is 12.8 Å². The number of carbonyl (C=O) groups excluding carboxylic acids is 2. The van der Waals surface area contributed by atoms with Gasteiger partial charge < -0.3 is 4.74 Å². The number of ketones is 1. The van der Waals surface area contributed by atoms with Gasteiger partial charge in [0.25, 0.3) is 0 Å². The molecule has 0 unspecified atom stereocenters. The van der Waals surface area contributed by atoms with E-state index in [1.54, 1.807) is 6.08 Å². The van der Waals surface area contributed by atoms with Crippen LogP contribution in [0.15, 0.2) is 12.2 Å². The lowest BCUT2D eigenvalue weighted by Crippen LogP contribution is -2.36. The highest BCUT2D eigenvalue weighted by Gasteiger charge is 2.38. The Morgan fingerprint density at radius 1 is 1.47 bits per heavy atom. The normalized spacial score (nSPS) is 28.5. The Morgan fingerprint density at radius 3 is 2.65 bits per heavy atom. The second-order valence-corrected chi connectivity index (χ2v) is 5.23. The number of rotatable bonds is 4. The van der Waals surface area contributed by atoms with Crippen molar-refractivity contribution in [1.29, 1.82) is 0 Å². The van der Waals surface area contributed by atoms with Crippen molar-refractivity contribution in [3.8, 4) is 0 Å². The number of esters is 1. The Balaban J connectivity index is 2.80. The van der Waals surface area contributed by atoms with Gasteiger partial charge in [0.1, 0.15) is 0 Å². The molecule has 0 bridgehead atoms. The predicted molar refractivity (Wildman–Crippen MR) is 66.4 cm³/mol. The molecule has 3 nitrogen and oxygen atoms in total. The van der Waals surface area contributed by atoms with E-state index in [1.165, 1.54) is 7.11 Å². The third-order valence-electron chi connectivity index (χ3n) is 3.51. The molecular weight excluding hydrogens is 216 g/mol. The standard InChI is InChI=1S/C14H22O3/c1-9(2)5-6-11-7-8-12(15)10(3)13(11)14(16)17-4/h7-11,13H,5-6H2,1-4H3/t10-,11-,13-/m0/s1. The molecule has 3 atom stereocenters. The van der Waals surface area contributed by atoms with Crippen molar-refractivity contribution < 1.29 is 14.3 Å². The van der Waals surface area contributed by atoms with Crippen molar-refractivity contribution in [1.82, 2.24) is 0 Å². The molecule has 0 heterocycles. The molecule has 0 amide bonds. The fourth-order valence-electron chi connectivity index (χ4n) is 2.35. The van der Waals surface area contributed by atoms with E-state index in [-0.39, 0.29) is 29.5 Å². The molecule has 17 heavy (non-hydrogen) atoms. The summed E-state index contributed by atoms with van der Waals surface area (Å²) >= 11 is 0. The van der Waals surface area contributed by atoms with Crippen LogP contribution >= 0.6 is 0 Å². The summed E-state index contributed by atoms with van der Waals surface area (Å²) in [6, 6.07) is 0. The van der Waals surface area contributed by atoms with E-state index in [0.29, 0.717) is 5.92 Å². The minimum absolute atomic E-state index is 0.0289. The largest absolute Gasteiger partial charge is 0.469 e. The molecule has 0 aromatic heterocycles. The third-order valence-corrected chi connectivity index (χ3v) is 3.51. The first-order chi connectivity index (χ1) is 7.97. The lowest BCUT2D eigenvalue weighted by molar-refractivity contribution is -0.151. The maximum absolute atomic E-state index is 11.8. The van der Waals surface area contributed by atoms with E-state index in [9.17, 15) is 9.59 Å². The first-order valence-electron chi connectivity index (χ1n) is 6.27. The maximum Gasteiger partial charge on any atom is 0.309 e. The molecule has 1 aliphatic rings. The van der Waals surface area contributed by atoms with Crippen LogP contribution in [0.2, 0.25) is 0 Å². The van der Waals surface area contributed by atoms with Crippen molar-refractivity contribution in [2.24, 2.45) is 23.7 Å². The summed E-state index contributed by atoms with van der Waals surface area (Å²) in [5.74, 6) is -0.0572. The molecule has 1 rings (SSSR count).